The number of carboxylic acid groups (broad SMARTS) is 1. The fraction of sp³-hybridized carbons (Fsp3) is 0.444. The van der Waals surface area contributed by atoms with E-state index >= 15 is 0 Å². The fourth-order valence-electron chi connectivity index (χ4n) is 2.96. The van der Waals surface area contributed by atoms with Crippen LogP contribution < -0.4 is 5.43 Å². The number of benzene rings is 1. The van der Waals surface area contributed by atoms with Gasteiger partial charge >= 0.3 is 5.97 Å². The zero-order valence-corrected chi connectivity index (χ0v) is 13.5. The first-order valence-corrected chi connectivity index (χ1v) is 7.97. The van der Waals surface area contributed by atoms with Gasteiger partial charge in [0.25, 0.3) is 0 Å². The van der Waals surface area contributed by atoms with Crippen molar-refractivity contribution in [3.63, 3.8) is 0 Å². The molecule has 0 aliphatic rings. The highest BCUT2D eigenvalue weighted by Crippen LogP contribution is 2.21. The third-order valence-electron chi connectivity index (χ3n) is 3.98. The molecule has 118 valence electrons. The maximum Gasteiger partial charge on any atom is 0.337 e. The van der Waals surface area contributed by atoms with E-state index in [4.69, 9.17) is 0 Å². The number of aryl methyl sites for hydroxylation is 2. The van der Waals surface area contributed by atoms with Crippen molar-refractivity contribution in [3.8, 4) is 0 Å². The largest absolute Gasteiger partial charge is 0.478 e. The molecule has 0 radical (unpaired) electrons. The molecule has 2 aromatic rings. The van der Waals surface area contributed by atoms with Crippen LogP contribution in [0, 0.1) is 0 Å². The van der Waals surface area contributed by atoms with Crippen LogP contribution in [0.5, 0.6) is 0 Å². The summed E-state index contributed by atoms with van der Waals surface area (Å²) in [5, 5.41) is 9.98. The van der Waals surface area contributed by atoms with Crippen LogP contribution in [0.1, 0.15) is 60.8 Å². The van der Waals surface area contributed by atoms with Gasteiger partial charge in [0.1, 0.15) is 0 Å². The zero-order chi connectivity index (χ0) is 16.3. The van der Waals surface area contributed by atoms with Crippen LogP contribution in [-0.4, -0.2) is 16.1 Å². The van der Waals surface area contributed by atoms with Crippen molar-refractivity contribution in [1.29, 1.82) is 0 Å². The molecular weight excluding hydrogens is 278 g/mol. The van der Waals surface area contributed by atoms with Crippen molar-refractivity contribution < 1.29 is 9.90 Å². The Morgan fingerprint density at radius 3 is 2.36 bits per heavy atom. The Kier molecular flexibility index (Phi) is 5.01. The van der Waals surface area contributed by atoms with E-state index in [-0.39, 0.29) is 11.0 Å². The van der Waals surface area contributed by atoms with Gasteiger partial charge in [-0.05, 0) is 37.0 Å². The molecule has 0 saturated heterocycles. The van der Waals surface area contributed by atoms with Gasteiger partial charge in [-0.2, -0.15) is 0 Å². The summed E-state index contributed by atoms with van der Waals surface area (Å²) in [6.45, 7) is 6.05. The third-order valence-corrected chi connectivity index (χ3v) is 3.98. The molecule has 1 aromatic carbocycles. The van der Waals surface area contributed by atoms with Crippen molar-refractivity contribution in [2.24, 2.45) is 0 Å². The summed E-state index contributed by atoms with van der Waals surface area (Å²) in [4.78, 5) is 27.6. The second kappa shape index (κ2) is 6.77. The lowest BCUT2D eigenvalue weighted by Crippen LogP contribution is -2.17. The highest BCUT2D eigenvalue weighted by Gasteiger charge is 2.17. The Morgan fingerprint density at radius 2 is 1.82 bits per heavy atom. The molecule has 2 N–H and O–H groups in total. The number of carbonyl (C=O) groups is 1. The Labute approximate surface area is 130 Å². The van der Waals surface area contributed by atoms with Gasteiger partial charge in [0, 0.05) is 16.6 Å². The number of rotatable bonds is 6. The number of aromatic carboxylic acids is 1. The predicted molar refractivity (Wildman–Crippen MR) is 88.9 cm³/mol. The molecule has 0 fully saturated rings. The van der Waals surface area contributed by atoms with Gasteiger partial charge < -0.3 is 10.1 Å². The summed E-state index contributed by atoms with van der Waals surface area (Å²) in [6.07, 6.45) is 3.98. The molecule has 0 aliphatic carbocycles. The number of aromatic amines is 1. The van der Waals surface area contributed by atoms with Crippen LogP contribution in [0.25, 0.3) is 10.9 Å². The molecular formula is C18H23NO3. The minimum Gasteiger partial charge on any atom is -0.478 e. The highest BCUT2D eigenvalue weighted by molar-refractivity contribution is 6.02. The van der Waals surface area contributed by atoms with Crippen molar-refractivity contribution in [2.75, 3.05) is 0 Å². The average molecular weight is 301 g/mol. The first-order chi connectivity index (χ1) is 10.5. The molecule has 0 amide bonds. The number of pyridine rings is 1. The Hall–Kier alpha value is -2.10. The van der Waals surface area contributed by atoms with E-state index < -0.39 is 5.97 Å². The minimum atomic E-state index is -0.996. The maximum absolute atomic E-state index is 12.8. The summed E-state index contributed by atoms with van der Waals surface area (Å²) in [5.41, 5.74) is 3.18. The van der Waals surface area contributed by atoms with Crippen molar-refractivity contribution in [2.45, 2.75) is 52.9 Å². The van der Waals surface area contributed by atoms with Gasteiger partial charge in [0.15, 0.2) is 5.43 Å². The second-order valence-corrected chi connectivity index (χ2v) is 5.64. The smallest absolute Gasteiger partial charge is 0.337 e. The topological polar surface area (TPSA) is 70.2 Å². The maximum atomic E-state index is 12.8. The van der Waals surface area contributed by atoms with E-state index in [0.29, 0.717) is 17.3 Å². The molecule has 0 aliphatic heterocycles. The average Bonchev–Trinajstić information content (AvgIpc) is 2.50. The molecule has 0 bridgehead atoms. The summed E-state index contributed by atoms with van der Waals surface area (Å²) >= 11 is 0. The van der Waals surface area contributed by atoms with Gasteiger partial charge in [0.05, 0.1) is 11.1 Å². The number of aromatic nitrogens is 1. The van der Waals surface area contributed by atoms with Crippen molar-refractivity contribution >= 4 is 16.9 Å². The molecule has 4 nitrogen and oxygen atoms in total. The SMILES string of the molecule is CCCc1cc(C(=O)O)c2[nH]c(CC)c(CCC)c(=O)c2c1. The summed E-state index contributed by atoms with van der Waals surface area (Å²) in [7, 11) is 0. The third kappa shape index (κ3) is 2.91. The Bertz CT molecular complexity index is 759. The van der Waals surface area contributed by atoms with E-state index in [0.717, 1.165) is 42.5 Å². The minimum absolute atomic E-state index is 0.0205. The molecule has 0 atom stereocenters. The number of nitrogens with one attached hydrogen (secondary N) is 1. The molecule has 4 heteroatoms. The number of hydrogen-bond donors (Lipinski definition) is 2. The van der Waals surface area contributed by atoms with Crippen LogP contribution in [0.4, 0.5) is 0 Å². The fourth-order valence-corrected chi connectivity index (χ4v) is 2.96. The quantitative estimate of drug-likeness (QED) is 0.854. The second-order valence-electron chi connectivity index (χ2n) is 5.64. The summed E-state index contributed by atoms with van der Waals surface area (Å²) in [5.74, 6) is -0.996. The summed E-state index contributed by atoms with van der Waals surface area (Å²) in [6, 6.07) is 3.53. The number of fused-ring (bicyclic) bond motifs is 1. The number of carboxylic acids is 1. The lowest BCUT2D eigenvalue weighted by Gasteiger charge is -2.12. The van der Waals surface area contributed by atoms with Gasteiger partial charge in [0.2, 0.25) is 0 Å². The molecule has 1 heterocycles. The zero-order valence-electron chi connectivity index (χ0n) is 13.5. The van der Waals surface area contributed by atoms with E-state index in [1.54, 1.807) is 6.07 Å². The Morgan fingerprint density at radius 1 is 1.14 bits per heavy atom. The van der Waals surface area contributed by atoms with Gasteiger partial charge in [-0.15, -0.1) is 0 Å². The number of H-pyrrole nitrogens is 1. The molecule has 0 saturated carbocycles. The van der Waals surface area contributed by atoms with E-state index in [1.807, 2.05) is 26.8 Å². The van der Waals surface area contributed by atoms with Gasteiger partial charge in [-0.3, -0.25) is 4.79 Å². The van der Waals surface area contributed by atoms with Crippen molar-refractivity contribution in [1.82, 2.24) is 4.98 Å². The lowest BCUT2D eigenvalue weighted by atomic mass is 9.97. The number of hydrogen-bond acceptors (Lipinski definition) is 2. The summed E-state index contributed by atoms with van der Waals surface area (Å²) < 4.78 is 0. The molecule has 22 heavy (non-hydrogen) atoms. The van der Waals surface area contributed by atoms with Crippen LogP contribution in [0.3, 0.4) is 0 Å². The first kappa shape index (κ1) is 16.3. The normalized spacial score (nSPS) is 11.0. The van der Waals surface area contributed by atoms with Crippen LogP contribution >= 0.6 is 0 Å². The lowest BCUT2D eigenvalue weighted by molar-refractivity contribution is 0.0698. The van der Waals surface area contributed by atoms with Crippen molar-refractivity contribution in [3.05, 3.63) is 44.7 Å². The van der Waals surface area contributed by atoms with Crippen LogP contribution in [-0.2, 0) is 19.3 Å². The Balaban J connectivity index is 2.86. The molecule has 1 aromatic heterocycles. The van der Waals surface area contributed by atoms with Crippen LogP contribution in [0.2, 0.25) is 0 Å². The molecule has 2 rings (SSSR count). The van der Waals surface area contributed by atoms with E-state index in [9.17, 15) is 14.7 Å². The van der Waals surface area contributed by atoms with E-state index in [2.05, 4.69) is 4.98 Å². The van der Waals surface area contributed by atoms with Crippen LogP contribution in [0.15, 0.2) is 16.9 Å². The standard InChI is InChI=1S/C18H23NO3/c1-4-7-11-9-13-16(14(10-11)18(21)22)19-15(6-3)12(8-5-2)17(13)20/h9-10H,4-8H2,1-3H3,(H,19,20)(H,21,22). The van der Waals surface area contributed by atoms with Gasteiger partial charge in [-0.25, -0.2) is 4.79 Å². The van der Waals surface area contributed by atoms with Gasteiger partial charge in [-0.1, -0.05) is 33.6 Å². The predicted octanol–water partition coefficient (Wildman–Crippen LogP) is 3.69. The monoisotopic (exact) mass is 301 g/mol. The molecule has 0 spiro atoms. The van der Waals surface area contributed by atoms with E-state index in [1.165, 1.54) is 0 Å². The highest BCUT2D eigenvalue weighted by atomic mass is 16.4. The first-order valence-electron chi connectivity index (χ1n) is 7.97. The molecule has 0 unspecified atom stereocenters.